The van der Waals surface area contributed by atoms with Gasteiger partial charge in [0.05, 0.1) is 22.5 Å². The summed E-state index contributed by atoms with van der Waals surface area (Å²) in [6.45, 7) is 6.42. The van der Waals surface area contributed by atoms with Gasteiger partial charge in [0.2, 0.25) is 5.95 Å². The maximum Gasteiger partial charge on any atom is 0.337 e. The quantitative estimate of drug-likeness (QED) is 0.595. The fraction of sp³-hybridized carbons (Fsp3) is 0.400. The van der Waals surface area contributed by atoms with E-state index >= 15 is 0 Å². The molecule has 0 aliphatic carbocycles. The molecule has 0 spiro atoms. The van der Waals surface area contributed by atoms with Gasteiger partial charge in [-0.3, -0.25) is 9.36 Å². The summed E-state index contributed by atoms with van der Waals surface area (Å²) in [4.78, 5) is 31.7. The van der Waals surface area contributed by atoms with Gasteiger partial charge in [0.25, 0.3) is 5.56 Å². The van der Waals surface area contributed by atoms with E-state index in [0.29, 0.717) is 48.5 Å². The van der Waals surface area contributed by atoms with Crippen LogP contribution in [0.25, 0.3) is 10.9 Å². The molecule has 1 aromatic heterocycles. The van der Waals surface area contributed by atoms with Crippen molar-refractivity contribution in [3.8, 4) is 0 Å². The van der Waals surface area contributed by atoms with Crippen molar-refractivity contribution >= 4 is 28.5 Å². The lowest BCUT2D eigenvalue weighted by atomic mass is 9.96. The zero-order valence-electron chi connectivity index (χ0n) is 19.4. The van der Waals surface area contributed by atoms with E-state index in [1.165, 1.54) is 4.57 Å². The van der Waals surface area contributed by atoms with Crippen LogP contribution >= 0.6 is 0 Å². The minimum Gasteiger partial charge on any atom is -0.478 e. The van der Waals surface area contributed by atoms with E-state index in [2.05, 4.69) is 5.32 Å². The second kappa shape index (κ2) is 8.50. The van der Waals surface area contributed by atoms with Crippen LogP contribution in [-0.2, 0) is 7.05 Å². The Bertz CT molecular complexity index is 1270. The fourth-order valence-electron chi connectivity index (χ4n) is 4.43. The molecule has 0 saturated carbocycles. The topological polar surface area (TPSA) is 87.5 Å². The number of anilines is 2. The molecule has 0 bridgehead atoms. The van der Waals surface area contributed by atoms with Gasteiger partial charge in [-0.25, -0.2) is 14.2 Å². The lowest BCUT2D eigenvalue weighted by Crippen LogP contribution is -2.42. The highest BCUT2D eigenvalue weighted by molar-refractivity contribution is 5.94. The Morgan fingerprint density at radius 2 is 1.91 bits per heavy atom. The van der Waals surface area contributed by atoms with Crippen molar-refractivity contribution in [2.75, 3.05) is 23.3 Å². The number of nitrogens with one attached hydrogen (secondary N) is 1. The van der Waals surface area contributed by atoms with Crippen LogP contribution in [0.5, 0.6) is 0 Å². The van der Waals surface area contributed by atoms with E-state index in [-0.39, 0.29) is 17.2 Å². The first kappa shape index (κ1) is 22.8. The van der Waals surface area contributed by atoms with Gasteiger partial charge in [-0.15, -0.1) is 0 Å². The van der Waals surface area contributed by atoms with E-state index in [1.807, 2.05) is 30.9 Å². The van der Waals surface area contributed by atoms with Gasteiger partial charge < -0.3 is 15.3 Å². The first-order chi connectivity index (χ1) is 15.6. The summed E-state index contributed by atoms with van der Waals surface area (Å²) in [5, 5.41) is 13.3. The highest BCUT2D eigenvalue weighted by Gasteiger charge is 2.31. The highest BCUT2D eigenvalue weighted by atomic mass is 19.1. The third kappa shape index (κ3) is 4.42. The van der Waals surface area contributed by atoms with Crippen LogP contribution in [0.1, 0.15) is 54.2 Å². The number of hydrogen-bond donors (Lipinski definition) is 2. The minimum atomic E-state index is -1.20. The second-order valence-corrected chi connectivity index (χ2v) is 9.14. The second-order valence-electron chi connectivity index (χ2n) is 9.14. The first-order valence-electron chi connectivity index (χ1n) is 11.1. The van der Waals surface area contributed by atoms with Crippen molar-refractivity contribution in [1.29, 1.82) is 0 Å². The molecule has 33 heavy (non-hydrogen) atoms. The average Bonchev–Trinajstić information content (AvgIpc) is 2.76. The summed E-state index contributed by atoms with van der Waals surface area (Å²) in [5.74, 6) is -0.495. The standard InChI is InChI=1S/C25H29FN4O3/c1-15-13-18(16(2)27-20-8-6-5-7-17(20)23(32)33)21-19(14-15)22(31)29(4)24(28-21)30-11-9-25(3,26)10-12-30/h5-8,13-14,16,27H,9-12H2,1-4H3,(H,32,33)/t16-/m1/s1. The van der Waals surface area contributed by atoms with E-state index in [9.17, 15) is 19.1 Å². The number of rotatable bonds is 5. The van der Waals surface area contributed by atoms with E-state index in [4.69, 9.17) is 4.98 Å². The van der Waals surface area contributed by atoms with Gasteiger partial charge in [0.15, 0.2) is 0 Å². The first-order valence-corrected chi connectivity index (χ1v) is 11.1. The van der Waals surface area contributed by atoms with Crippen LogP contribution in [0.4, 0.5) is 16.0 Å². The number of aryl methyl sites for hydroxylation is 1. The molecular formula is C25H29FN4O3. The number of aromatic carboxylic acids is 1. The molecule has 1 fully saturated rings. The van der Waals surface area contributed by atoms with Crippen LogP contribution in [0.3, 0.4) is 0 Å². The van der Waals surface area contributed by atoms with Crippen molar-refractivity contribution in [1.82, 2.24) is 9.55 Å². The Hall–Kier alpha value is -3.42. The molecule has 3 aromatic rings. The summed E-state index contributed by atoms with van der Waals surface area (Å²) in [7, 11) is 1.69. The minimum absolute atomic E-state index is 0.160. The normalized spacial score (nSPS) is 16.6. The van der Waals surface area contributed by atoms with Crippen LogP contribution in [0.2, 0.25) is 0 Å². The van der Waals surface area contributed by atoms with E-state index in [1.54, 1.807) is 38.2 Å². The van der Waals surface area contributed by atoms with Crippen LogP contribution in [0.15, 0.2) is 41.2 Å². The molecule has 7 nitrogen and oxygen atoms in total. The molecule has 1 aliphatic rings. The van der Waals surface area contributed by atoms with Crippen molar-refractivity contribution in [2.45, 2.75) is 45.3 Å². The maximum absolute atomic E-state index is 14.3. The number of carboxylic acid groups (broad SMARTS) is 1. The summed E-state index contributed by atoms with van der Waals surface area (Å²) in [6, 6.07) is 10.2. The number of benzene rings is 2. The number of aromatic nitrogens is 2. The molecule has 0 radical (unpaired) electrons. The number of piperidine rings is 1. The number of para-hydroxylation sites is 1. The smallest absolute Gasteiger partial charge is 0.337 e. The number of hydrogen-bond acceptors (Lipinski definition) is 5. The van der Waals surface area contributed by atoms with Gasteiger partial charge >= 0.3 is 5.97 Å². The Morgan fingerprint density at radius 3 is 2.58 bits per heavy atom. The zero-order valence-corrected chi connectivity index (χ0v) is 19.4. The molecule has 0 unspecified atom stereocenters. The van der Waals surface area contributed by atoms with Gasteiger partial charge in [-0.1, -0.05) is 18.2 Å². The number of halogens is 1. The Morgan fingerprint density at radius 1 is 1.24 bits per heavy atom. The summed E-state index contributed by atoms with van der Waals surface area (Å²) in [6.07, 6.45) is 0.761. The molecule has 1 aliphatic heterocycles. The number of fused-ring (bicyclic) bond motifs is 1. The van der Waals surface area contributed by atoms with Crippen LogP contribution < -0.4 is 15.8 Å². The van der Waals surface area contributed by atoms with Gasteiger partial charge in [0, 0.05) is 31.4 Å². The summed E-state index contributed by atoms with van der Waals surface area (Å²) < 4.78 is 15.9. The Kier molecular flexibility index (Phi) is 5.86. The SMILES string of the molecule is Cc1cc([C@@H](C)Nc2ccccc2C(=O)O)c2nc(N3CCC(C)(F)CC3)n(C)c(=O)c2c1. The Labute approximate surface area is 191 Å². The van der Waals surface area contributed by atoms with Crippen molar-refractivity contribution in [3.05, 3.63) is 63.4 Å². The molecule has 2 N–H and O–H groups in total. The number of carbonyl (C=O) groups is 1. The average molecular weight is 453 g/mol. The number of nitrogens with zero attached hydrogens (tertiary/aromatic N) is 3. The fourth-order valence-corrected chi connectivity index (χ4v) is 4.43. The largest absolute Gasteiger partial charge is 0.478 e. The molecule has 4 rings (SSSR count). The van der Waals surface area contributed by atoms with Crippen molar-refractivity contribution < 1.29 is 14.3 Å². The van der Waals surface area contributed by atoms with Crippen molar-refractivity contribution in [3.63, 3.8) is 0 Å². The molecule has 1 saturated heterocycles. The van der Waals surface area contributed by atoms with Crippen LogP contribution in [0, 0.1) is 6.92 Å². The molecule has 8 heteroatoms. The summed E-state index contributed by atoms with van der Waals surface area (Å²) in [5.41, 5.74) is 1.59. The third-order valence-electron chi connectivity index (χ3n) is 6.42. The predicted octanol–water partition coefficient (Wildman–Crippen LogP) is 4.44. The van der Waals surface area contributed by atoms with E-state index < -0.39 is 11.6 Å². The van der Waals surface area contributed by atoms with E-state index in [0.717, 1.165) is 11.1 Å². The molecule has 1 atom stereocenters. The van der Waals surface area contributed by atoms with Gasteiger partial charge in [-0.05, 0) is 57.4 Å². The van der Waals surface area contributed by atoms with Crippen molar-refractivity contribution in [2.24, 2.45) is 7.05 Å². The molecule has 174 valence electrons. The molecular weight excluding hydrogens is 423 g/mol. The van der Waals surface area contributed by atoms with Crippen LogP contribution in [-0.4, -0.2) is 39.4 Å². The van der Waals surface area contributed by atoms with Gasteiger partial charge in [0.1, 0.15) is 5.67 Å². The lowest BCUT2D eigenvalue weighted by Gasteiger charge is -2.35. The molecule has 2 aromatic carbocycles. The highest BCUT2D eigenvalue weighted by Crippen LogP contribution is 2.31. The predicted molar refractivity (Wildman–Crippen MR) is 128 cm³/mol. The van der Waals surface area contributed by atoms with Gasteiger partial charge in [-0.2, -0.15) is 0 Å². The maximum atomic E-state index is 14.3. The lowest BCUT2D eigenvalue weighted by molar-refractivity contribution is 0.0698. The summed E-state index contributed by atoms with van der Waals surface area (Å²) >= 11 is 0. The number of alkyl halides is 1. The monoisotopic (exact) mass is 452 g/mol. The molecule has 0 amide bonds. The number of carboxylic acids is 1. The third-order valence-corrected chi connectivity index (χ3v) is 6.42. The Balaban J connectivity index is 1.80. The zero-order chi connectivity index (χ0) is 23.9. The molecule has 2 heterocycles.